The molecule has 1 N–H and O–H groups in total. The number of nitrogens with one attached hydrogen (secondary N) is 1. The Bertz CT molecular complexity index is 766. The van der Waals surface area contributed by atoms with Crippen LogP contribution in [-0.2, 0) is 16.0 Å². The maximum Gasteiger partial charge on any atom is 0.227 e. The molecule has 1 aliphatic rings. The van der Waals surface area contributed by atoms with Crippen LogP contribution < -0.4 is 10.1 Å². The van der Waals surface area contributed by atoms with Gasteiger partial charge in [0.1, 0.15) is 5.75 Å². The molecule has 3 rings (SSSR count). The molecule has 0 radical (unpaired) electrons. The number of aryl methyl sites for hydroxylation is 1. The number of amides is 2. The summed E-state index contributed by atoms with van der Waals surface area (Å²) in [6.07, 6.45) is 3.08. The number of nitrogens with zero attached hydrogens (tertiary/aromatic N) is 3. The molecule has 0 bridgehead atoms. The monoisotopic (exact) mass is 372 g/mol. The van der Waals surface area contributed by atoms with Gasteiger partial charge in [0.15, 0.2) is 0 Å². The molecular weight excluding hydrogens is 348 g/mol. The van der Waals surface area contributed by atoms with E-state index in [1.54, 1.807) is 7.11 Å². The summed E-state index contributed by atoms with van der Waals surface area (Å²) in [5.74, 6) is 1.61. The normalized spacial score (nSPS) is 13.6. The topological polar surface area (TPSA) is 97.6 Å². The molecule has 0 saturated carbocycles. The largest absolute Gasteiger partial charge is 0.497 e. The number of hydrogen-bond acceptors (Lipinski definition) is 6. The Kier molecular flexibility index (Phi) is 6.40. The van der Waals surface area contributed by atoms with Crippen molar-refractivity contribution in [2.45, 2.75) is 32.1 Å². The van der Waals surface area contributed by atoms with Crippen LogP contribution in [0.15, 0.2) is 28.8 Å². The molecular formula is C19H24N4O4. The molecule has 1 fully saturated rings. The second kappa shape index (κ2) is 9.16. The zero-order chi connectivity index (χ0) is 19.1. The van der Waals surface area contributed by atoms with Gasteiger partial charge < -0.3 is 19.5 Å². The molecule has 0 spiro atoms. The number of likely N-dealkylation sites (tertiary alicyclic amines) is 1. The van der Waals surface area contributed by atoms with E-state index in [-0.39, 0.29) is 18.2 Å². The lowest BCUT2D eigenvalue weighted by Crippen LogP contribution is -2.32. The highest BCUT2D eigenvalue weighted by molar-refractivity contribution is 5.79. The van der Waals surface area contributed by atoms with Crippen LogP contribution in [0.4, 0.5) is 0 Å². The molecule has 1 aromatic carbocycles. The second-order valence-electron chi connectivity index (χ2n) is 6.43. The highest BCUT2D eigenvalue weighted by atomic mass is 16.5. The molecule has 0 unspecified atom stereocenters. The summed E-state index contributed by atoms with van der Waals surface area (Å²) < 4.78 is 10.3. The maximum absolute atomic E-state index is 11.9. The van der Waals surface area contributed by atoms with Crippen molar-refractivity contribution in [3.05, 3.63) is 30.2 Å². The fourth-order valence-electron chi connectivity index (χ4n) is 2.96. The van der Waals surface area contributed by atoms with E-state index in [2.05, 4.69) is 15.5 Å². The number of carbonyl (C=O) groups is 2. The summed E-state index contributed by atoms with van der Waals surface area (Å²) in [4.78, 5) is 30.0. The fourth-order valence-corrected chi connectivity index (χ4v) is 2.96. The van der Waals surface area contributed by atoms with Crippen LogP contribution in [0.5, 0.6) is 5.75 Å². The van der Waals surface area contributed by atoms with E-state index >= 15 is 0 Å². The van der Waals surface area contributed by atoms with Gasteiger partial charge in [-0.15, -0.1) is 0 Å². The summed E-state index contributed by atoms with van der Waals surface area (Å²) in [6.45, 7) is 2.02. The molecule has 8 heteroatoms. The van der Waals surface area contributed by atoms with E-state index in [0.29, 0.717) is 31.1 Å². The zero-order valence-corrected chi connectivity index (χ0v) is 15.4. The van der Waals surface area contributed by atoms with Crippen LogP contribution in [0.1, 0.15) is 31.6 Å². The molecule has 144 valence electrons. The summed E-state index contributed by atoms with van der Waals surface area (Å²) in [5.41, 5.74) is 0.815. The quantitative estimate of drug-likeness (QED) is 0.759. The molecule has 1 aromatic heterocycles. The maximum atomic E-state index is 11.9. The summed E-state index contributed by atoms with van der Waals surface area (Å²) in [6, 6.07) is 7.33. The Balaban J connectivity index is 1.39. The van der Waals surface area contributed by atoms with Gasteiger partial charge in [0.25, 0.3) is 0 Å². The van der Waals surface area contributed by atoms with Crippen LogP contribution in [0.3, 0.4) is 0 Å². The first kappa shape index (κ1) is 18.9. The van der Waals surface area contributed by atoms with Crippen molar-refractivity contribution in [2.24, 2.45) is 0 Å². The average molecular weight is 372 g/mol. The Labute approximate surface area is 157 Å². The fraction of sp³-hybridized carbons (Fsp3) is 0.474. The van der Waals surface area contributed by atoms with Crippen molar-refractivity contribution in [1.29, 1.82) is 0 Å². The smallest absolute Gasteiger partial charge is 0.227 e. The van der Waals surface area contributed by atoms with Crippen molar-refractivity contribution in [3.63, 3.8) is 0 Å². The predicted molar refractivity (Wildman–Crippen MR) is 98.0 cm³/mol. The molecule has 2 aromatic rings. The van der Waals surface area contributed by atoms with Crippen LogP contribution in [0.2, 0.25) is 0 Å². The summed E-state index contributed by atoms with van der Waals surface area (Å²) in [5, 5.41) is 6.71. The molecule has 27 heavy (non-hydrogen) atoms. The first-order chi connectivity index (χ1) is 13.2. The highest BCUT2D eigenvalue weighted by Crippen LogP contribution is 2.20. The Morgan fingerprint density at radius 2 is 1.93 bits per heavy atom. The number of rotatable bonds is 8. The number of hydrogen-bond donors (Lipinski definition) is 1. The van der Waals surface area contributed by atoms with E-state index < -0.39 is 0 Å². The first-order valence-electron chi connectivity index (χ1n) is 9.17. The van der Waals surface area contributed by atoms with Crippen molar-refractivity contribution < 1.29 is 18.8 Å². The minimum absolute atomic E-state index is 0.105. The van der Waals surface area contributed by atoms with E-state index in [1.807, 2.05) is 29.2 Å². The number of benzene rings is 1. The van der Waals surface area contributed by atoms with Gasteiger partial charge in [-0.2, -0.15) is 4.98 Å². The molecule has 0 aliphatic carbocycles. The van der Waals surface area contributed by atoms with Gasteiger partial charge in [0.05, 0.1) is 7.11 Å². The summed E-state index contributed by atoms with van der Waals surface area (Å²) >= 11 is 0. The van der Waals surface area contributed by atoms with Crippen molar-refractivity contribution in [3.8, 4) is 17.1 Å². The van der Waals surface area contributed by atoms with Gasteiger partial charge in [-0.3, -0.25) is 9.59 Å². The van der Waals surface area contributed by atoms with Crippen LogP contribution in [0, 0.1) is 0 Å². The number of carbonyl (C=O) groups excluding carboxylic acids is 2. The first-order valence-corrected chi connectivity index (χ1v) is 9.17. The van der Waals surface area contributed by atoms with E-state index in [0.717, 1.165) is 37.2 Å². The lowest BCUT2D eigenvalue weighted by atomic mass is 10.2. The van der Waals surface area contributed by atoms with Gasteiger partial charge in [-0.05, 0) is 37.1 Å². The molecule has 1 saturated heterocycles. The Hall–Kier alpha value is -2.90. The predicted octanol–water partition coefficient (Wildman–Crippen LogP) is 1.81. The molecule has 2 heterocycles. The van der Waals surface area contributed by atoms with Gasteiger partial charge in [0, 0.05) is 44.5 Å². The van der Waals surface area contributed by atoms with Gasteiger partial charge in [0.2, 0.25) is 23.5 Å². The molecule has 8 nitrogen and oxygen atoms in total. The van der Waals surface area contributed by atoms with E-state index in [1.165, 1.54) is 0 Å². The van der Waals surface area contributed by atoms with Crippen LogP contribution >= 0.6 is 0 Å². The third-order valence-electron chi connectivity index (χ3n) is 4.50. The second-order valence-corrected chi connectivity index (χ2v) is 6.43. The van der Waals surface area contributed by atoms with Crippen molar-refractivity contribution >= 4 is 11.8 Å². The third kappa shape index (κ3) is 5.29. The minimum Gasteiger partial charge on any atom is -0.497 e. The molecule has 1 aliphatic heterocycles. The minimum atomic E-state index is -0.131. The van der Waals surface area contributed by atoms with Crippen molar-refractivity contribution in [2.75, 3.05) is 26.7 Å². The third-order valence-corrected chi connectivity index (χ3v) is 4.50. The lowest BCUT2D eigenvalue weighted by molar-refractivity contribution is -0.130. The number of ether oxygens (including phenoxy) is 1. The number of methoxy groups -OCH3 is 1. The van der Waals surface area contributed by atoms with Gasteiger partial charge in [-0.25, -0.2) is 0 Å². The van der Waals surface area contributed by atoms with Crippen LogP contribution in [-0.4, -0.2) is 53.6 Å². The van der Waals surface area contributed by atoms with Gasteiger partial charge in [-0.1, -0.05) is 5.16 Å². The van der Waals surface area contributed by atoms with Gasteiger partial charge >= 0.3 is 0 Å². The molecule has 0 atom stereocenters. The molecule has 2 amide bonds. The zero-order valence-electron chi connectivity index (χ0n) is 15.4. The SMILES string of the molecule is COc1ccc(-c2noc(CCC(=O)NCCC(=O)N3CCCC3)n2)cc1. The van der Waals surface area contributed by atoms with E-state index in [4.69, 9.17) is 9.26 Å². The lowest BCUT2D eigenvalue weighted by Gasteiger charge is -2.15. The van der Waals surface area contributed by atoms with Crippen molar-refractivity contribution in [1.82, 2.24) is 20.4 Å². The van der Waals surface area contributed by atoms with Crippen LogP contribution in [0.25, 0.3) is 11.4 Å². The Morgan fingerprint density at radius 3 is 2.63 bits per heavy atom. The summed E-state index contributed by atoms with van der Waals surface area (Å²) in [7, 11) is 1.61. The Morgan fingerprint density at radius 1 is 1.19 bits per heavy atom. The van der Waals surface area contributed by atoms with E-state index in [9.17, 15) is 9.59 Å². The highest BCUT2D eigenvalue weighted by Gasteiger charge is 2.17. The number of aromatic nitrogens is 2. The average Bonchev–Trinajstić information content (AvgIpc) is 3.38. The standard InChI is InChI=1S/C19H24N4O4/c1-26-15-6-4-14(5-7-15)19-21-17(27-22-19)9-8-16(24)20-11-10-18(25)23-12-2-3-13-23/h4-7H,2-3,8-13H2,1H3,(H,20,24).